The molecule has 1 atom stereocenters. The van der Waals surface area contributed by atoms with E-state index in [1.807, 2.05) is 30.5 Å². The summed E-state index contributed by atoms with van der Waals surface area (Å²) in [5.74, 6) is 0.595. The van der Waals surface area contributed by atoms with E-state index >= 15 is 0 Å². The zero-order chi connectivity index (χ0) is 23.8. The molecule has 0 fully saturated rings. The van der Waals surface area contributed by atoms with Crippen LogP contribution in [0.5, 0.6) is 0 Å². The monoisotopic (exact) mass is 471 g/mol. The minimum Gasteiger partial charge on any atom is -0.368 e. The summed E-state index contributed by atoms with van der Waals surface area (Å²) in [5.41, 5.74) is 6.22. The Kier molecular flexibility index (Phi) is 6.43. The molecule has 1 aliphatic heterocycles. The highest BCUT2D eigenvalue weighted by atomic mass is 35.5. The number of aromatic nitrogens is 2. The van der Waals surface area contributed by atoms with Crippen molar-refractivity contribution in [3.63, 3.8) is 0 Å². The molecule has 2 aromatic carbocycles. The number of aliphatic hydroxyl groups is 1. The molecule has 4 rings (SSSR count). The van der Waals surface area contributed by atoms with Crippen LogP contribution in [-0.2, 0) is 17.9 Å². The Balaban J connectivity index is 1.69. The van der Waals surface area contributed by atoms with Gasteiger partial charge in [-0.25, -0.2) is 9.37 Å². The van der Waals surface area contributed by atoms with Gasteiger partial charge in [-0.1, -0.05) is 25.4 Å². The zero-order valence-electron chi connectivity index (χ0n) is 18.6. The summed E-state index contributed by atoms with van der Waals surface area (Å²) in [6.07, 6.45) is 0.168. The van der Waals surface area contributed by atoms with Gasteiger partial charge in [-0.15, -0.1) is 0 Å². The fraction of sp³-hybridized carbons (Fsp3) is 0.333. The van der Waals surface area contributed by atoms with Crippen LogP contribution in [0.2, 0.25) is 5.02 Å². The van der Waals surface area contributed by atoms with Crippen molar-refractivity contribution in [1.82, 2.24) is 14.5 Å². The number of hydrogen-bond acceptors (Lipinski definition) is 5. The number of benzene rings is 2. The number of hydrogen-bond donors (Lipinski definition) is 3. The Morgan fingerprint density at radius 2 is 1.88 bits per heavy atom. The van der Waals surface area contributed by atoms with Crippen LogP contribution >= 0.6 is 11.6 Å². The molecular weight excluding hydrogens is 445 g/mol. The Morgan fingerprint density at radius 1 is 1.21 bits per heavy atom. The number of rotatable bonds is 6. The van der Waals surface area contributed by atoms with E-state index < -0.39 is 11.6 Å². The van der Waals surface area contributed by atoms with Gasteiger partial charge in [-0.05, 0) is 54.4 Å². The molecule has 0 aliphatic carbocycles. The van der Waals surface area contributed by atoms with Gasteiger partial charge < -0.3 is 19.9 Å². The first kappa shape index (κ1) is 23.2. The van der Waals surface area contributed by atoms with Gasteiger partial charge in [0.15, 0.2) is 5.72 Å². The van der Waals surface area contributed by atoms with Crippen LogP contribution in [0, 0.1) is 11.7 Å². The molecule has 0 radical (unpaired) electrons. The highest BCUT2D eigenvalue weighted by Gasteiger charge is 2.38. The minimum absolute atomic E-state index is 0.0657. The zero-order valence-corrected chi connectivity index (χ0v) is 19.3. The van der Waals surface area contributed by atoms with Crippen LogP contribution < -0.4 is 11.1 Å². The van der Waals surface area contributed by atoms with Gasteiger partial charge in [-0.2, -0.15) is 0 Å². The Hall–Kier alpha value is -2.94. The molecule has 1 aromatic heterocycles. The standard InChI is InChI=1S/C24H27ClFN5O2/c1-15(2)13-24(27,33)23(32)30-11-12-31-20(14-30)29-21(16-3-7-18(26)8-4-16)22(31)28-19-9-5-17(25)6-10-19/h3-10,15,28,33H,11-14,27H2,1-2H3/t24-/m0/s1. The van der Waals surface area contributed by atoms with E-state index in [2.05, 4.69) is 5.32 Å². The lowest BCUT2D eigenvalue weighted by Gasteiger charge is -2.34. The molecule has 0 saturated carbocycles. The van der Waals surface area contributed by atoms with Crippen LogP contribution in [0.3, 0.4) is 0 Å². The summed E-state index contributed by atoms with van der Waals surface area (Å²) in [7, 11) is 0. The Labute approximate surface area is 197 Å². The number of carbonyl (C=O) groups is 1. The summed E-state index contributed by atoms with van der Waals surface area (Å²) in [6.45, 7) is 4.84. The predicted octanol–water partition coefficient (Wildman–Crippen LogP) is 4.12. The average molecular weight is 472 g/mol. The van der Waals surface area contributed by atoms with Crippen molar-refractivity contribution >= 4 is 29.0 Å². The fourth-order valence-corrected chi connectivity index (χ4v) is 4.22. The molecule has 4 N–H and O–H groups in total. The molecule has 1 aliphatic rings. The van der Waals surface area contributed by atoms with Crippen LogP contribution in [-0.4, -0.2) is 37.7 Å². The van der Waals surface area contributed by atoms with Crippen molar-refractivity contribution in [1.29, 1.82) is 0 Å². The second-order valence-electron chi connectivity index (χ2n) is 8.76. The normalized spacial score (nSPS) is 15.3. The minimum atomic E-state index is -1.92. The highest BCUT2D eigenvalue weighted by molar-refractivity contribution is 6.30. The molecule has 0 saturated heterocycles. The number of nitrogens with zero attached hydrogens (tertiary/aromatic N) is 3. The predicted molar refractivity (Wildman–Crippen MR) is 126 cm³/mol. The molecule has 0 spiro atoms. The molecule has 9 heteroatoms. The number of nitrogens with one attached hydrogen (secondary N) is 1. The summed E-state index contributed by atoms with van der Waals surface area (Å²) in [6, 6.07) is 13.4. The molecule has 174 valence electrons. The second-order valence-corrected chi connectivity index (χ2v) is 9.20. The first-order chi connectivity index (χ1) is 15.6. The lowest BCUT2D eigenvalue weighted by Crippen LogP contribution is -2.57. The molecule has 0 bridgehead atoms. The van der Waals surface area contributed by atoms with E-state index in [0.717, 1.165) is 17.1 Å². The average Bonchev–Trinajstić information content (AvgIpc) is 3.12. The van der Waals surface area contributed by atoms with E-state index in [1.165, 1.54) is 17.0 Å². The SMILES string of the molecule is CC(C)C[C@](N)(O)C(=O)N1CCn2c(nc(-c3ccc(F)cc3)c2Nc2ccc(Cl)cc2)C1. The Morgan fingerprint density at radius 3 is 2.52 bits per heavy atom. The van der Waals surface area contributed by atoms with Gasteiger partial charge >= 0.3 is 0 Å². The third-order valence-electron chi connectivity index (χ3n) is 5.57. The third kappa shape index (κ3) is 5.03. The smallest absolute Gasteiger partial charge is 0.270 e. The van der Waals surface area contributed by atoms with Gasteiger partial charge in [0.25, 0.3) is 5.91 Å². The molecule has 1 amide bonds. The van der Waals surface area contributed by atoms with E-state index in [4.69, 9.17) is 22.3 Å². The quantitative estimate of drug-likeness (QED) is 0.470. The first-order valence-corrected chi connectivity index (χ1v) is 11.2. The van der Waals surface area contributed by atoms with Crippen LogP contribution in [0.4, 0.5) is 15.9 Å². The number of imidazole rings is 1. The van der Waals surface area contributed by atoms with E-state index in [0.29, 0.717) is 29.6 Å². The maximum absolute atomic E-state index is 13.5. The molecule has 3 aromatic rings. The van der Waals surface area contributed by atoms with Crippen LogP contribution in [0.1, 0.15) is 26.1 Å². The van der Waals surface area contributed by atoms with Crippen molar-refractivity contribution in [3.05, 3.63) is 65.2 Å². The number of amides is 1. The maximum atomic E-state index is 13.5. The lowest BCUT2D eigenvalue weighted by atomic mass is 9.99. The van der Waals surface area contributed by atoms with Gasteiger partial charge in [-0.3, -0.25) is 10.5 Å². The number of carbonyl (C=O) groups excluding carboxylic acids is 1. The molecule has 7 nitrogen and oxygen atoms in total. The summed E-state index contributed by atoms with van der Waals surface area (Å²) in [4.78, 5) is 19.2. The molecular formula is C24H27ClFN5O2. The number of halogens is 2. The van der Waals surface area contributed by atoms with E-state index in [-0.39, 0.29) is 24.7 Å². The molecule has 33 heavy (non-hydrogen) atoms. The van der Waals surface area contributed by atoms with Crippen molar-refractivity contribution in [3.8, 4) is 11.3 Å². The van der Waals surface area contributed by atoms with Crippen LogP contribution in [0.25, 0.3) is 11.3 Å². The molecule has 2 heterocycles. The third-order valence-corrected chi connectivity index (χ3v) is 5.83. The second kappa shape index (κ2) is 9.13. The summed E-state index contributed by atoms with van der Waals surface area (Å²) < 4.78 is 15.5. The van der Waals surface area contributed by atoms with E-state index in [1.54, 1.807) is 24.3 Å². The van der Waals surface area contributed by atoms with Gasteiger partial charge in [0.1, 0.15) is 23.2 Å². The van der Waals surface area contributed by atoms with Crippen molar-refractivity contribution in [2.24, 2.45) is 11.7 Å². The number of fused-ring (bicyclic) bond motifs is 1. The lowest BCUT2D eigenvalue weighted by molar-refractivity contribution is -0.154. The van der Waals surface area contributed by atoms with E-state index in [9.17, 15) is 14.3 Å². The summed E-state index contributed by atoms with van der Waals surface area (Å²) >= 11 is 6.02. The van der Waals surface area contributed by atoms with Gasteiger partial charge in [0, 0.05) is 35.8 Å². The van der Waals surface area contributed by atoms with Crippen molar-refractivity contribution in [2.75, 3.05) is 11.9 Å². The van der Waals surface area contributed by atoms with Crippen molar-refractivity contribution in [2.45, 2.75) is 39.1 Å². The molecule has 0 unspecified atom stereocenters. The topological polar surface area (TPSA) is 96.4 Å². The van der Waals surface area contributed by atoms with Gasteiger partial charge in [0.2, 0.25) is 0 Å². The largest absolute Gasteiger partial charge is 0.368 e. The Bertz CT molecular complexity index is 1140. The number of nitrogens with two attached hydrogens (primary N) is 1. The first-order valence-electron chi connectivity index (χ1n) is 10.8. The maximum Gasteiger partial charge on any atom is 0.270 e. The number of anilines is 2. The fourth-order valence-electron chi connectivity index (χ4n) is 4.09. The highest BCUT2D eigenvalue weighted by Crippen LogP contribution is 2.34. The van der Waals surface area contributed by atoms with Crippen molar-refractivity contribution < 1.29 is 14.3 Å². The van der Waals surface area contributed by atoms with Gasteiger partial charge in [0.05, 0.1) is 6.54 Å². The van der Waals surface area contributed by atoms with Crippen LogP contribution in [0.15, 0.2) is 48.5 Å². The summed E-state index contributed by atoms with van der Waals surface area (Å²) in [5, 5.41) is 14.6.